The van der Waals surface area contributed by atoms with E-state index < -0.39 is 0 Å². The second-order valence-corrected chi connectivity index (χ2v) is 6.76. The number of aryl methyl sites for hydroxylation is 2. The lowest BCUT2D eigenvalue weighted by Gasteiger charge is -2.25. The largest absolute Gasteiger partial charge is 0.311 e. The van der Waals surface area contributed by atoms with Crippen molar-refractivity contribution in [2.75, 3.05) is 25.0 Å². The molecule has 0 radical (unpaired) electrons. The molecule has 1 amide bonds. The maximum absolute atomic E-state index is 12.6. The highest BCUT2D eigenvalue weighted by Crippen LogP contribution is 2.20. The first-order valence-electron chi connectivity index (χ1n) is 7.47. The van der Waals surface area contributed by atoms with Gasteiger partial charge in [0.2, 0.25) is 5.91 Å². The molecule has 5 heteroatoms. The third-order valence-electron chi connectivity index (χ3n) is 3.52. The maximum atomic E-state index is 12.6. The van der Waals surface area contributed by atoms with Gasteiger partial charge in [-0.2, -0.15) is 0 Å². The Kier molecular flexibility index (Phi) is 5.69. The van der Waals surface area contributed by atoms with Crippen molar-refractivity contribution in [1.29, 1.82) is 0 Å². The van der Waals surface area contributed by atoms with Crippen LogP contribution in [-0.2, 0) is 11.3 Å². The minimum Gasteiger partial charge on any atom is -0.311 e. The normalized spacial score (nSPS) is 11.0. The van der Waals surface area contributed by atoms with Gasteiger partial charge in [-0.1, -0.05) is 18.2 Å². The average Bonchev–Trinajstić information content (AvgIpc) is 2.86. The molecule has 0 atom stereocenters. The Bertz CT molecular complexity index is 638. The van der Waals surface area contributed by atoms with Gasteiger partial charge in [-0.15, -0.1) is 11.3 Å². The van der Waals surface area contributed by atoms with Gasteiger partial charge in [0.1, 0.15) is 0 Å². The number of carbonyl (C=O) groups is 1. The molecular formula is C17H23N3OS. The van der Waals surface area contributed by atoms with Crippen molar-refractivity contribution in [3.05, 3.63) is 45.9 Å². The number of likely N-dealkylation sites (N-methyl/N-ethyl adjacent to an activating group) is 2. The molecule has 22 heavy (non-hydrogen) atoms. The Morgan fingerprint density at radius 1 is 1.27 bits per heavy atom. The number of amides is 1. The quantitative estimate of drug-likeness (QED) is 0.820. The predicted octanol–water partition coefficient (Wildman–Crippen LogP) is 3.24. The summed E-state index contributed by atoms with van der Waals surface area (Å²) in [6.07, 6.45) is 1.89. The SMILES string of the molecule is CCN(C(=O)CN(C)Cc1cnc(C)s1)c1ccccc1C. The second-order valence-electron chi connectivity index (χ2n) is 5.44. The number of hydrogen-bond donors (Lipinski definition) is 0. The van der Waals surface area contributed by atoms with Gasteiger partial charge in [-0.3, -0.25) is 9.69 Å². The van der Waals surface area contributed by atoms with E-state index in [-0.39, 0.29) is 5.91 Å². The highest BCUT2D eigenvalue weighted by molar-refractivity contribution is 7.11. The summed E-state index contributed by atoms with van der Waals surface area (Å²) in [5, 5.41) is 1.06. The van der Waals surface area contributed by atoms with Crippen molar-refractivity contribution < 1.29 is 4.79 Å². The van der Waals surface area contributed by atoms with Gasteiger partial charge in [0.15, 0.2) is 0 Å². The van der Waals surface area contributed by atoms with E-state index in [0.717, 1.165) is 22.8 Å². The van der Waals surface area contributed by atoms with Crippen LogP contribution in [0, 0.1) is 13.8 Å². The van der Waals surface area contributed by atoms with Crippen LogP contribution in [0.15, 0.2) is 30.5 Å². The lowest BCUT2D eigenvalue weighted by Crippen LogP contribution is -2.39. The Morgan fingerprint density at radius 2 is 2.00 bits per heavy atom. The van der Waals surface area contributed by atoms with Crippen LogP contribution in [0.2, 0.25) is 0 Å². The van der Waals surface area contributed by atoms with E-state index in [1.165, 1.54) is 4.88 Å². The molecule has 0 spiro atoms. The zero-order valence-corrected chi connectivity index (χ0v) is 14.5. The molecule has 0 aliphatic rings. The zero-order valence-electron chi connectivity index (χ0n) is 13.7. The molecular weight excluding hydrogens is 294 g/mol. The van der Waals surface area contributed by atoms with E-state index in [0.29, 0.717) is 13.1 Å². The molecule has 2 aromatic rings. The molecule has 0 fully saturated rings. The monoisotopic (exact) mass is 317 g/mol. The number of benzene rings is 1. The molecule has 118 valence electrons. The van der Waals surface area contributed by atoms with Gasteiger partial charge >= 0.3 is 0 Å². The molecule has 4 nitrogen and oxygen atoms in total. The molecule has 0 bridgehead atoms. The van der Waals surface area contributed by atoms with Crippen molar-refractivity contribution in [2.24, 2.45) is 0 Å². The van der Waals surface area contributed by atoms with Gasteiger partial charge < -0.3 is 4.90 Å². The van der Waals surface area contributed by atoms with Crippen LogP contribution in [0.5, 0.6) is 0 Å². The third-order valence-corrected chi connectivity index (χ3v) is 4.42. The van der Waals surface area contributed by atoms with Crippen molar-refractivity contribution in [2.45, 2.75) is 27.3 Å². The Labute approximate surface area is 136 Å². The number of para-hydroxylation sites is 1. The van der Waals surface area contributed by atoms with E-state index >= 15 is 0 Å². The molecule has 1 aromatic carbocycles. The third kappa shape index (κ3) is 4.15. The molecule has 0 aliphatic carbocycles. The smallest absolute Gasteiger partial charge is 0.241 e. The van der Waals surface area contributed by atoms with Crippen molar-refractivity contribution in [1.82, 2.24) is 9.88 Å². The minimum absolute atomic E-state index is 0.125. The van der Waals surface area contributed by atoms with Crippen LogP contribution in [0.25, 0.3) is 0 Å². The predicted molar refractivity (Wildman–Crippen MR) is 92.4 cm³/mol. The van der Waals surface area contributed by atoms with Crippen LogP contribution in [0.1, 0.15) is 22.4 Å². The van der Waals surface area contributed by atoms with Gasteiger partial charge in [-0.25, -0.2) is 4.98 Å². The van der Waals surface area contributed by atoms with E-state index in [2.05, 4.69) is 4.98 Å². The minimum atomic E-state index is 0.125. The van der Waals surface area contributed by atoms with Crippen molar-refractivity contribution in [3.63, 3.8) is 0 Å². The molecule has 0 N–H and O–H groups in total. The molecule has 2 rings (SSSR count). The highest BCUT2D eigenvalue weighted by atomic mass is 32.1. The fourth-order valence-electron chi connectivity index (χ4n) is 2.46. The highest BCUT2D eigenvalue weighted by Gasteiger charge is 2.17. The van der Waals surface area contributed by atoms with Crippen LogP contribution >= 0.6 is 11.3 Å². The summed E-state index contributed by atoms with van der Waals surface area (Å²) in [5.41, 5.74) is 2.12. The standard InChI is InChI=1S/C17H23N3OS/c1-5-20(16-9-7-6-8-13(16)2)17(21)12-19(4)11-15-10-18-14(3)22-15/h6-10H,5,11-12H2,1-4H3. The number of anilines is 1. The summed E-state index contributed by atoms with van der Waals surface area (Å²) in [6.45, 7) is 7.88. The van der Waals surface area contributed by atoms with E-state index in [1.807, 2.05) is 68.1 Å². The number of hydrogen-bond acceptors (Lipinski definition) is 4. The van der Waals surface area contributed by atoms with Crippen LogP contribution in [0.4, 0.5) is 5.69 Å². The van der Waals surface area contributed by atoms with Crippen molar-refractivity contribution >= 4 is 22.9 Å². The fraction of sp³-hybridized carbons (Fsp3) is 0.412. The van der Waals surface area contributed by atoms with Crippen LogP contribution < -0.4 is 4.90 Å². The molecule has 1 heterocycles. The lowest BCUT2D eigenvalue weighted by atomic mass is 10.2. The first kappa shape index (κ1) is 16.6. The van der Waals surface area contributed by atoms with E-state index in [9.17, 15) is 4.79 Å². The number of thiazole rings is 1. The molecule has 0 saturated heterocycles. The van der Waals surface area contributed by atoms with Crippen LogP contribution in [-0.4, -0.2) is 35.9 Å². The van der Waals surface area contributed by atoms with E-state index in [1.54, 1.807) is 11.3 Å². The van der Waals surface area contributed by atoms with Crippen molar-refractivity contribution in [3.8, 4) is 0 Å². The van der Waals surface area contributed by atoms with Gasteiger partial charge in [0.25, 0.3) is 0 Å². The molecule has 1 aromatic heterocycles. The zero-order chi connectivity index (χ0) is 16.1. The van der Waals surface area contributed by atoms with Crippen LogP contribution in [0.3, 0.4) is 0 Å². The lowest BCUT2D eigenvalue weighted by molar-refractivity contribution is -0.119. The molecule has 0 unspecified atom stereocenters. The number of nitrogens with zero attached hydrogens (tertiary/aromatic N) is 3. The second kappa shape index (κ2) is 7.51. The summed E-state index contributed by atoms with van der Waals surface area (Å²) >= 11 is 1.68. The fourth-order valence-corrected chi connectivity index (χ4v) is 3.34. The summed E-state index contributed by atoms with van der Waals surface area (Å²) < 4.78 is 0. The summed E-state index contributed by atoms with van der Waals surface area (Å²) in [7, 11) is 1.97. The van der Waals surface area contributed by atoms with Gasteiger partial charge in [0.05, 0.1) is 11.6 Å². The van der Waals surface area contributed by atoms with Gasteiger partial charge in [-0.05, 0) is 39.4 Å². The topological polar surface area (TPSA) is 36.4 Å². The Hall–Kier alpha value is -1.72. The number of rotatable bonds is 6. The first-order chi connectivity index (χ1) is 10.5. The summed E-state index contributed by atoms with van der Waals surface area (Å²) in [6, 6.07) is 8.01. The van der Waals surface area contributed by atoms with E-state index in [4.69, 9.17) is 0 Å². The molecule has 0 aliphatic heterocycles. The summed E-state index contributed by atoms with van der Waals surface area (Å²) in [4.78, 5) is 21.9. The molecule has 0 saturated carbocycles. The maximum Gasteiger partial charge on any atom is 0.241 e. The number of carbonyl (C=O) groups excluding carboxylic acids is 1. The number of aromatic nitrogens is 1. The van der Waals surface area contributed by atoms with Gasteiger partial charge in [0, 0.05) is 29.9 Å². The Balaban J connectivity index is 2.01. The average molecular weight is 317 g/mol. The summed E-state index contributed by atoms with van der Waals surface area (Å²) in [5.74, 6) is 0.125. The first-order valence-corrected chi connectivity index (χ1v) is 8.28. The Morgan fingerprint density at radius 3 is 2.59 bits per heavy atom.